The average Bonchev–Trinajstić information content (AvgIpc) is 2.72. The summed E-state index contributed by atoms with van der Waals surface area (Å²) < 4.78 is 0. The maximum atomic E-state index is 4.23. The van der Waals surface area contributed by atoms with Crippen LogP contribution < -0.4 is 5.32 Å². The van der Waals surface area contributed by atoms with Crippen molar-refractivity contribution in [3.05, 3.63) is 17.0 Å². The molecule has 0 saturated heterocycles. The Morgan fingerprint density at radius 1 is 1.26 bits per heavy atom. The van der Waals surface area contributed by atoms with E-state index in [1.54, 1.807) is 0 Å². The zero-order valence-corrected chi connectivity index (χ0v) is 13.2. The van der Waals surface area contributed by atoms with E-state index in [2.05, 4.69) is 55.0 Å². The fourth-order valence-corrected chi connectivity index (χ4v) is 2.37. The van der Waals surface area contributed by atoms with Crippen LogP contribution in [0.2, 0.25) is 0 Å². The van der Waals surface area contributed by atoms with E-state index < -0.39 is 0 Å². The third-order valence-electron chi connectivity index (χ3n) is 3.91. The van der Waals surface area contributed by atoms with Gasteiger partial charge in [0.2, 0.25) is 0 Å². The van der Waals surface area contributed by atoms with Crippen molar-refractivity contribution in [1.29, 1.82) is 0 Å². The normalized spacial score (nSPS) is 13.2. The molecule has 0 aliphatic heterocycles. The first-order valence-corrected chi connectivity index (χ1v) is 7.54. The van der Waals surface area contributed by atoms with Crippen LogP contribution in [-0.2, 0) is 6.54 Å². The lowest BCUT2D eigenvalue weighted by Gasteiger charge is -2.19. The number of hydrogen-bond donors (Lipinski definition) is 2. The van der Waals surface area contributed by atoms with Crippen molar-refractivity contribution in [2.75, 3.05) is 19.6 Å². The molecule has 0 bridgehead atoms. The minimum absolute atomic E-state index is 0.560. The number of aromatic nitrogens is 2. The van der Waals surface area contributed by atoms with Gasteiger partial charge in [-0.15, -0.1) is 0 Å². The first-order chi connectivity index (χ1) is 9.08. The number of hydrogen-bond acceptors (Lipinski definition) is 3. The molecule has 1 atom stereocenters. The number of rotatable bonds is 9. The van der Waals surface area contributed by atoms with E-state index in [1.165, 1.54) is 30.6 Å². The molecule has 0 aromatic carbocycles. The Kier molecular flexibility index (Phi) is 7.10. The second kappa shape index (κ2) is 8.33. The molecule has 4 nitrogen and oxygen atoms in total. The molecule has 1 heterocycles. The molecule has 19 heavy (non-hydrogen) atoms. The highest BCUT2D eigenvalue weighted by Gasteiger charge is 2.08. The number of nitrogens with zero attached hydrogens (tertiary/aromatic N) is 2. The molecule has 4 heteroatoms. The van der Waals surface area contributed by atoms with Crippen molar-refractivity contribution in [3.63, 3.8) is 0 Å². The van der Waals surface area contributed by atoms with Gasteiger partial charge < -0.3 is 10.2 Å². The number of nitrogens with one attached hydrogen (secondary N) is 2. The monoisotopic (exact) mass is 266 g/mol. The fraction of sp³-hybridized carbons (Fsp3) is 0.800. The first-order valence-electron chi connectivity index (χ1n) is 7.54. The molecule has 1 aromatic heterocycles. The number of H-pyrrole nitrogens is 1. The Morgan fingerprint density at radius 2 is 1.95 bits per heavy atom. The van der Waals surface area contributed by atoms with Crippen LogP contribution in [0.25, 0.3) is 0 Å². The summed E-state index contributed by atoms with van der Waals surface area (Å²) >= 11 is 0. The largest absolute Gasteiger partial charge is 0.310 e. The average molecular weight is 266 g/mol. The molecule has 0 aliphatic carbocycles. The predicted molar refractivity (Wildman–Crippen MR) is 81.4 cm³/mol. The smallest absolute Gasteiger partial charge is 0.0638 e. The molecular formula is C15H30N4. The van der Waals surface area contributed by atoms with Crippen LogP contribution in [0.4, 0.5) is 0 Å². The summed E-state index contributed by atoms with van der Waals surface area (Å²) in [5.74, 6) is 0. The lowest BCUT2D eigenvalue weighted by molar-refractivity contribution is 0.290. The maximum Gasteiger partial charge on any atom is 0.0638 e. The first kappa shape index (κ1) is 16.2. The molecule has 0 amide bonds. The van der Waals surface area contributed by atoms with Gasteiger partial charge in [-0.1, -0.05) is 13.8 Å². The SMILES string of the molecule is CCN(CC)CCCC(C)NCc1c(C)n[nH]c1C. The Balaban J connectivity index is 2.23. The van der Waals surface area contributed by atoms with Gasteiger partial charge >= 0.3 is 0 Å². The maximum absolute atomic E-state index is 4.23. The van der Waals surface area contributed by atoms with Gasteiger partial charge in [0.05, 0.1) is 5.69 Å². The van der Waals surface area contributed by atoms with Crippen molar-refractivity contribution in [3.8, 4) is 0 Å². The van der Waals surface area contributed by atoms with Gasteiger partial charge in [-0.3, -0.25) is 5.10 Å². The summed E-state index contributed by atoms with van der Waals surface area (Å²) in [7, 11) is 0. The molecule has 1 rings (SSSR count). The lowest BCUT2D eigenvalue weighted by Crippen LogP contribution is -2.29. The topological polar surface area (TPSA) is 44.0 Å². The van der Waals surface area contributed by atoms with E-state index in [0.717, 1.165) is 25.3 Å². The molecule has 0 saturated carbocycles. The summed E-state index contributed by atoms with van der Waals surface area (Å²) in [6, 6.07) is 0.560. The van der Waals surface area contributed by atoms with Crippen molar-refractivity contribution >= 4 is 0 Å². The Hall–Kier alpha value is -0.870. The summed E-state index contributed by atoms with van der Waals surface area (Å²) in [5, 5.41) is 10.9. The van der Waals surface area contributed by atoms with Crippen LogP contribution in [0.5, 0.6) is 0 Å². The zero-order chi connectivity index (χ0) is 14.3. The quantitative estimate of drug-likeness (QED) is 0.722. The highest BCUT2D eigenvalue weighted by Crippen LogP contribution is 2.09. The van der Waals surface area contributed by atoms with Gasteiger partial charge in [0.1, 0.15) is 0 Å². The molecule has 0 radical (unpaired) electrons. The van der Waals surface area contributed by atoms with Crippen LogP contribution in [0.15, 0.2) is 0 Å². The summed E-state index contributed by atoms with van der Waals surface area (Å²) in [5.41, 5.74) is 3.61. The Morgan fingerprint density at radius 3 is 2.47 bits per heavy atom. The molecular weight excluding hydrogens is 236 g/mol. The third-order valence-corrected chi connectivity index (χ3v) is 3.91. The molecule has 0 fully saturated rings. The Labute approximate surface area is 118 Å². The van der Waals surface area contributed by atoms with Gasteiger partial charge in [-0.05, 0) is 53.2 Å². The zero-order valence-electron chi connectivity index (χ0n) is 13.2. The number of aromatic amines is 1. The summed E-state index contributed by atoms with van der Waals surface area (Å²) in [4.78, 5) is 2.48. The molecule has 1 aromatic rings. The standard InChI is InChI=1S/C15H30N4/c1-6-19(7-2)10-8-9-12(3)16-11-15-13(4)17-18-14(15)5/h12,16H,6-11H2,1-5H3,(H,17,18). The minimum Gasteiger partial charge on any atom is -0.310 e. The van der Waals surface area contributed by atoms with Crippen molar-refractivity contribution in [2.45, 2.75) is 60.0 Å². The van der Waals surface area contributed by atoms with Gasteiger partial charge in [-0.25, -0.2) is 0 Å². The van der Waals surface area contributed by atoms with E-state index in [4.69, 9.17) is 0 Å². The van der Waals surface area contributed by atoms with E-state index in [1.807, 2.05) is 0 Å². The van der Waals surface area contributed by atoms with Crippen LogP contribution in [0.1, 0.15) is 50.6 Å². The predicted octanol–water partition coefficient (Wildman–Crippen LogP) is 2.63. The highest BCUT2D eigenvalue weighted by atomic mass is 15.1. The molecule has 0 aliphatic rings. The Bertz CT molecular complexity index is 336. The van der Waals surface area contributed by atoms with E-state index in [-0.39, 0.29) is 0 Å². The van der Waals surface area contributed by atoms with Gasteiger partial charge in [0.25, 0.3) is 0 Å². The van der Waals surface area contributed by atoms with E-state index in [9.17, 15) is 0 Å². The molecule has 2 N–H and O–H groups in total. The molecule has 110 valence electrons. The van der Waals surface area contributed by atoms with Gasteiger partial charge in [0.15, 0.2) is 0 Å². The number of aryl methyl sites for hydroxylation is 2. The summed E-state index contributed by atoms with van der Waals surface area (Å²) in [6.07, 6.45) is 2.49. The second-order valence-corrected chi connectivity index (χ2v) is 5.36. The van der Waals surface area contributed by atoms with Crippen LogP contribution in [-0.4, -0.2) is 40.8 Å². The minimum atomic E-state index is 0.560. The van der Waals surface area contributed by atoms with Crippen LogP contribution >= 0.6 is 0 Å². The molecule has 0 spiro atoms. The molecule has 1 unspecified atom stereocenters. The third kappa shape index (κ3) is 5.33. The van der Waals surface area contributed by atoms with Crippen LogP contribution in [0.3, 0.4) is 0 Å². The lowest BCUT2D eigenvalue weighted by atomic mass is 10.1. The van der Waals surface area contributed by atoms with Crippen LogP contribution in [0, 0.1) is 13.8 Å². The van der Waals surface area contributed by atoms with Gasteiger partial charge in [-0.2, -0.15) is 5.10 Å². The van der Waals surface area contributed by atoms with E-state index in [0.29, 0.717) is 6.04 Å². The van der Waals surface area contributed by atoms with Gasteiger partial charge in [0, 0.05) is 23.8 Å². The second-order valence-electron chi connectivity index (χ2n) is 5.36. The summed E-state index contributed by atoms with van der Waals surface area (Å²) in [6.45, 7) is 15.3. The fourth-order valence-electron chi connectivity index (χ4n) is 2.37. The van der Waals surface area contributed by atoms with Crippen molar-refractivity contribution in [2.24, 2.45) is 0 Å². The van der Waals surface area contributed by atoms with E-state index >= 15 is 0 Å². The highest BCUT2D eigenvalue weighted by molar-refractivity contribution is 5.22. The van der Waals surface area contributed by atoms with Crippen molar-refractivity contribution in [1.82, 2.24) is 20.4 Å². The van der Waals surface area contributed by atoms with Crippen molar-refractivity contribution < 1.29 is 0 Å².